The van der Waals surface area contributed by atoms with Gasteiger partial charge in [-0.3, -0.25) is 14.5 Å². The highest BCUT2D eigenvalue weighted by Gasteiger charge is 2.11. The SMILES string of the molecule is Cn1ncc2c(=O)[nH]c(NCc3c(F)cc(Cl)cc3Cl)nc21. The Hall–Kier alpha value is -2.12. The van der Waals surface area contributed by atoms with Crippen LogP contribution < -0.4 is 10.9 Å². The van der Waals surface area contributed by atoms with E-state index in [-0.39, 0.29) is 33.7 Å². The largest absolute Gasteiger partial charge is 0.351 e. The molecule has 0 aliphatic carbocycles. The van der Waals surface area contributed by atoms with Gasteiger partial charge in [0.05, 0.1) is 6.20 Å². The molecule has 0 spiro atoms. The lowest BCUT2D eigenvalue weighted by molar-refractivity contribution is 0.613. The van der Waals surface area contributed by atoms with E-state index < -0.39 is 5.82 Å². The van der Waals surface area contributed by atoms with E-state index in [9.17, 15) is 9.18 Å². The van der Waals surface area contributed by atoms with Crippen molar-refractivity contribution in [2.24, 2.45) is 7.05 Å². The average Bonchev–Trinajstić information content (AvgIpc) is 2.80. The summed E-state index contributed by atoms with van der Waals surface area (Å²) in [6.45, 7) is 0.0497. The van der Waals surface area contributed by atoms with Crippen LogP contribution in [-0.4, -0.2) is 19.7 Å². The van der Waals surface area contributed by atoms with Gasteiger partial charge < -0.3 is 5.32 Å². The number of halogens is 3. The Morgan fingerprint density at radius 3 is 2.91 bits per heavy atom. The summed E-state index contributed by atoms with van der Waals surface area (Å²) in [5.74, 6) is -0.333. The molecule has 114 valence electrons. The van der Waals surface area contributed by atoms with Gasteiger partial charge in [-0.25, -0.2) is 4.39 Å². The summed E-state index contributed by atoms with van der Waals surface area (Å²) in [4.78, 5) is 18.7. The molecule has 0 unspecified atom stereocenters. The third-order valence-electron chi connectivity index (χ3n) is 3.14. The van der Waals surface area contributed by atoms with Gasteiger partial charge in [0.15, 0.2) is 5.65 Å². The van der Waals surface area contributed by atoms with Crippen LogP contribution in [-0.2, 0) is 13.6 Å². The van der Waals surface area contributed by atoms with Crippen molar-refractivity contribution in [3.8, 4) is 0 Å². The highest BCUT2D eigenvalue weighted by atomic mass is 35.5. The van der Waals surface area contributed by atoms with Crippen molar-refractivity contribution in [2.75, 3.05) is 5.32 Å². The number of nitrogens with one attached hydrogen (secondary N) is 2. The summed E-state index contributed by atoms with van der Waals surface area (Å²) in [6.07, 6.45) is 1.43. The van der Waals surface area contributed by atoms with Crippen LogP contribution >= 0.6 is 23.2 Å². The highest BCUT2D eigenvalue weighted by Crippen LogP contribution is 2.24. The van der Waals surface area contributed by atoms with Crippen LogP contribution in [0.2, 0.25) is 10.0 Å². The molecule has 2 N–H and O–H groups in total. The number of benzene rings is 1. The summed E-state index contributed by atoms with van der Waals surface area (Å²) < 4.78 is 15.3. The van der Waals surface area contributed by atoms with Crippen molar-refractivity contribution in [1.29, 1.82) is 0 Å². The molecule has 0 bridgehead atoms. The quantitative estimate of drug-likeness (QED) is 0.767. The normalized spacial score (nSPS) is 11.1. The molecule has 3 rings (SSSR count). The van der Waals surface area contributed by atoms with E-state index in [0.717, 1.165) is 0 Å². The zero-order valence-electron chi connectivity index (χ0n) is 11.3. The van der Waals surface area contributed by atoms with Crippen LogP contribution in [0, 0.1) is 5.82 Å². The fraction of sp³-hybridized carbons (Fsp3) is 0.154. The molecule has 0 aliphatic heterocycles. The zero-order valence-corrected chi connectivity index (χ0v) is 12.8. The predicted octanol–water partition coefficient (Wildman–Crippen LogP) is 2.71. The van der Waals surface area contributed by atoms with Crippen LogP contribution in [0.1, 0.15) is 5.56 Å². The lowest BCUT2D eigenvalue weighted by atomic mass is 10.2. The van der Waals surface area contributed by atoms with Crippen LogP contribution in [0.3, 0.4) is 0 Å². The van der Waals surface area contributed by atoms with Gasteiger partial charge >= 0.3 is 0 Å². The molecule has 9 heteroatoms. The number of anilines is 1. The van der Waals surface area contributed by atoms with Gasteiger partial charge in [0, 0.05) is 29.2 Å². The fourth-order valence-electron chi connectivity index (χ4n) is 2.03. The first-order valence-corrected chi connectivity index (χ1v) is 7.00. The monoisotopic (exact) mass is 341 g/mol. The van der Waals surface area contributed by atoms with Crippen molar-refractivity contribution in [3.63, 3.8) is 0 Å². The third-order valence-corrected chi connectivity index (χ3v) is 3.70. The van der Waals surface area contributed by atoms with Crippen LogP contribution in [0.25, 0.3) is 11.0 Å². The maximum absolute atomic E-state index is 13.8. The number of nitrogens with zero attached hydrogens (tertiary/aromatic N) is 3. The first-order valence-electron chi connectivity index (χ1n) is 6.25. The first-order chi connectivity index (χ1) is 10.5. The van der Waals surface area contributed by atoms with Gasteiger partial charge in [-0.15, -0.1) is 0 Å². The van der Waals surface area contributed by atoms with E-state index in [1.54, 1.807) is 7.05 Å². The maximum Gasteiger partial charge on any atom is 0.263 e. The second-order valence-corrected chi connectivity index (χ2v) is 5.47. The lowest BCUT2D eigenvalue weighted by Crippen LogP contribution is -2.14. The van der Waals surface area contributed by atoms with Crippen molar-refractivity contribution >= 4 is 40.2 Å². The molecule has 22 heavy (non-hydrogen) atoms. The van der Waals surface area contributed by atoms with E-state index in [0.29, 0.717) is 11.0 Å². The van der Waals surface area contributed by atoms with E-state index in [4.69, 9.17) is 23.2 Å². The second kappa shape index (κ2) is 5.58. The molecule has 0 atom stereocenters. The summed E-state index contributed by atoms with van der Waals surface area (Å²) in [5.41, 5.74) is 0.330. The average molecular weight is 342 g/mol. The molecule has 0 saturated carbocycles. The Morgan fingerprint density at radius 2 is 2.18 bits per heavy atom. The molecule has 0 radical (unpaired) electrons. The number of aryl methyl sites for hydroxylation is 1. The topological polar surface area (TPSA) is 75.6 Å². The predicted molar refractivity (Wildman–Crippen MR) is 82.9 cm³/mol. The summed E-state index contributed by atoms with van der Waals surface area (Å²) in [6, 6.07) is 2.62. The Morgan fingerprint density at radius 1 is 1.41 bits per heavy atom. The number of rotatable bonds is 3. The summed E-state index contributed by atoms with van der Waals surface area (Å²) in [7, 11) is 1.67. The Bertz CT molecular complexity index is 897. The molecule has 0 amide bonds. The fourth-order valence-corrected chi connectivity index (χ4v) is 2.56. The van der Waals surface area contributed by atoms with E-state index in [1.807, 2.05) is 0 Å². The molecular weight excluding hydrogens is 332 g/mol. The van der Waals surface area contributed by atoms with Gasteiger partial charge in [-0.2, -0.15) is 10.1 Å². The smallest absolute Gasteiger partial charge is 0.263 e. The zero-order chi connectivity index (χ0) is 15.9. The van der Waals surface area contributed by atoms with Crippen molar-refractivity contribution in [3.05, 3.63) is 50.1 Å². The third kappa shape index (κ3) is 2.65. The number of fused-ring (bicyclic) bond motifs is 1. The highest BCUT2D eigenvalue weighted by molar-refractivity contribution is 6.35. The van der Waals surface area contributed by atoms with Gasteiger partial charge in [0.2, 0.25) is 5.95 Å². The summed E-state index contributed by atoms with van der Waals surface area (Å²) >= 11 is 11.7. The minimum Gasteiger partial charge on any atom is -0.351 e. The van der Waals surface area contributed by atoms with Crippen molar-refractivity contribution < 1.29 is 4.39 Å². The Labute approximate surface area is 133 Å². The first kappa shape index (κ1) is 14.8. The van der Waals surface area contributed by atoms with Crippen molar-refractivity contribution in [1.82, 2.24) is 19.7 Å². The Kier molecular flexibility index (Phi) is 3.76. The number of hydrogen-bond acceptors (Lipinski definition) is 4. The van der Waals surface area contributed by atoms with Crippen LogP contribution in [0.4, 0.5) is 10.3 Å². The number of aromatic amines is 1. The number of aromatic nitrogens is 4. The summed E-state index contributed by atoms with van der Waals surface area (Å²) in [5, 5.41) is 7.59. The molecule has 2 aromatic heterocycles. The lowest BCUT2D eigenvalue weighted by Gasteiger charge is -2.09. The molecular formula is C13H10Cl2FN5O. The minimum atomic E-state index is -0.533. The maximum atomic E-state index is 13.8. The van der Waals surface area contributed by atoms with Gasteiger partial charge in [0.25, 0.3) is 5.56 Å². The van der Waals surface area contributed by atoms with Crippen LogP contribution in [0.15, 0.2) is 23.1 Å². The van der Waals surface area contributed by atoms with Crippen LogP contribution in [0.5, 0.6) is 0 Å². The second-order valence-electron chi connectivity index (χ2n) is 4.62. The molecule has 2 heterocycles. The molecule has 0 aliphatic rings. The molecule has 1 aromatic carbocycles. The van der Waals surface area contributed by atoms with Gasteiger partial charge in [0.1, 0.15) is 11.2 Å². The minimum absolute atomic E-state index is 0.0497. The van der Waals surface area contributed by atoms with Gasteiger partial charge in [-0.1, -0.05) is 23.2 Å². The number of hydrogen-bond donors (Lipinski definition) is 2. The van der Waals surface area contributed by atoms with E-state index >= 15 is 0 Å². The standard InChI is InChI=1S/C13H10Cl2FN5O/c1-21-11-8(5-18-21)12(22)20-13(19-11)17-4-7-9(15)2-6(14)3-10(7)16/h2-3,5H,4H2,1H3,(H2,17,19,20,22). The van der Waals surface area contributed by atoms with Gasteiger partial charge in [-0.05, 0) is 12.1 Å². The number of H-pyrrole nitrogens is 1. The molecule has 0 fully saturated rings. The molecule has 3 aromatic rings. The van der Waals surface area contributed by atoms with Crippen molar-refractivity contribution in [2.45, 2.75) is 6.54 Å². The van der Waals surface area contributed by atoms with E-state index in [2.05, 4.69) is 20.4 Å². The molecule has 0 saturated heterocycles. The van der Waals surface area contributed by atoms with E-state index in [1.165, 1.54) is 23.0 Å². The Balaban J connectivity index is 1.91. The molecule has 6 nitrogen and oxygen atoms in total.